The molecule has 1 N–H and O–H groups in total. The van der Waals surface area contributed by atoms with Gasteiger partial charge in [-0.25, -0.2) is 0 Å². The third-order valence-electron chi connectivity index (χ3n) is 3.41. The zero-order valence-corrected chi connectivity index (χ0v) is 11.0. The van der Waals surface area contributed by atoms with Crippen LogP contribution in [0, 0.1) is 0 Å². The lowest BCUT2D eigenvalue weighted by atomic mass is 9.90. The van der Waals surface area contributed by atoms with Gasteiger partial charge in [0.05, 0.1) is 0 Å². The van der Waals surface area contributed by atoms with Gasteiger partial charge in [0.1, 0.15) is 0 Å². The van der Waals surface area contributed by atoms with Gasteiger partial charge in [0, 0.05) is 30.2 Å². The number of anilines is 1. The van der Waals surface area contributed by atoms with Gasteiger partial charge in [-0.05, 0) is 26.8 Å². The van der Waals surface area contributed by atoms with Crippen molar-refractivity contribution in [1.82, 2.24) is 14.7 Å². The van der Waals surface area contributed by atoms with Crippen molar-refractivity contribution in [1.29, 1.82) is 0 Å². The van der Waals surface area contributed by atoms with Crippen LogP contribution in [-0.4, -0.2) is 35.0 Å². The van der Waals surface area contributed by atoms with E-state index < -0.39 is 12.0 Å². The Morgan fingerprint density at radius 3 is 2.39 bits per heavy atom. The average Bonchev–Trinajstić information content (AvgIpc) is 2.79. The lowest BCUT2D eigenvalue weighted by Gasteiger charge is -2.39. The van der Waals surface area contributed by atoms with Gasteiger partial charge in [-0.15, -0.1) is 0 Å². The van der Waals surface area contributed by atoms with E-state index in [1.54, 1.807) is 0 Å². The van der Waals surface area contributed by atoms with Gasteiger partial charge in [0.15, 0.2) is 0 Å². The molecule has 0 aliphatic carbocycles. The molecular weight excluding hydrogens is 265 g/mol. The summed E-state index contributed by atoms with van der Waals surface area (Å²) in [6.07, 6.45) is -2.70. The molecular formula is C10H15F3N4S. The molecule has 1 aromatic heterocycles. The Morgan fingerprint density at radius 2 is 1.94 bits per heavy atom. The van der Waals surface area contributed by atoms with Crippen LogP contribution in [0.25, 0.3) is 0 Å². The predicted octanol–water partition coefficient (Wildman–Crippen LogP) is 2.14. The van der Waals surface area contributed by atoms with E-state index in [0.29, 0.717) is 18.2 Å². The van der Waals surface area contributed by atoms with Crippen molar-refractivity contribution in [3.8, 4) is 0 Å². The monoisotopic (exact) mass is 280 g/mol. The molecule has 2 heterocycles. The van der Waals surface area contributed by atoms with Gasteiger partial charge >= 0.3 is 6.18 Å². The van der Waals surface area contributed by atoms with Gasteiger partial charge in [0.25, 0.3) is 0 Å². The van der Waals surface area contributed by atoms with Crippen LogP contribution in [-0.2, 0) is 6.18 Å². The first-order valence-electron chi connectivity index (χ1n) is 5.69. The summed E-state index contributed by atoms with van der Waals surface area (Å²) in [5, 5.41) is 3.60. The minimum atomic E-state index is -4.45. The Balaban J connectivity index is 2.04. The highest BCUT2D eigenvalue weighted by molar-refractivity contribution is 7.09. The van der Waals surface area contributed by atoms with E-state index in [2.05, 4.69) is 21.6 Å². The molecule has 0 spiro atoms. The minimum absolute atomic E-state index is 0.0635. The van der Waals surface area contributed by atoms with Crippen LogP contribution in [0.3, 0.4) is 0 Å². The van der Waals surface area contributed by atoms with E-state index in [9.17, 15) is 13.2 Å². The summed E-state index contributed by atoms with van der Waals surface area (Å²) < 4.78 is 40.6. The van der Waals surface area contributed by atoms with Crippen molar-refractivity contribution in [2.45, 2.75) is 31.5 Å². The van der Waals surface area contributed by atoms with Crippen LogP contribution in [0.5, 0.6) is 0 Å². The minimum Gasteiger partial charge on any atom is -0.347 e. The number of aromatic nitrogens is 2. The Labute approximate surface area is 107 Å². The standard InChI is InChI=1S/C10H15F3N4S/c1-9(14-2)3-5-17(6-4-9)8-15-7(16-18-8)10(11,12)13/h14H,3-6H2,1-2H3. The molecule has 2 rings (SSSR count). The second-order valence-corrected chi connectivity index (χ2v) is 5.43. The van der Waals surface area contributed by atoms with Crippen LogP contribution in [0.15, 0.2) is 0 Å². The van der Waals surface area contributed by atoms with Crippen molar-refractivity contribution in [3.63, 3.8) is 0 Å². The van der Waals surface area contributed by atoms with Crippen LogP contribution < -0.4 is 10.2 Å². The molecule has 18 heavy (non-hydrogen) atoms. The summed E-state index contributed by atoms with van der Waals surface area (Å²) in [4.78, 5) is 5.43. The number of halogens is 3. The Bertz CT molecular complexity index is 410. The third-order valence-corrected chi connectivity index (χ3v) is 4.19. The van der Waals surface area contributed by atoms with Crippen molar-refractivity contribution >= 4 is 16.7 Å². The Hall–Kier alpha value is -0.890. The lowest BCUT2D eigenvalue weighted by molar-refractivity contribution is -0.144. The van der Waals surface area contributed by atoms with E-state index in [1.807, 2.05) is 11.9 Å². The zero-order chi connectivity index (χ0) is 13.4. The quantitative estimate of drug-likeness (QED) is 0.901. The predicted molar refractivity (Wildman–Crippen MR) is 63.8 cm³/mol. The molecule has 4 nitrogen and oxygen atoms in total. The normalized spacial score (nSPS) is 20.2. The highest BCUT2D eigenvalue weighted by atomic mass is 32.1. The fraction of sp³-hybridized carbons (Fsp3) is 0.800. The van der Waals surface area contributed by atoms with Gasteiger partial charge in [-0.2, -0.15) is 22.5 Å². The second-order valence-electron chi connectivity index (χ2n) is 4.70. The number of hydrogen-bond acceptors (Lipinski definition) is 5. The number of piperidine rings is 1. The molecule has 0 bridgehead atoms. The topological polar surface area (TPSA) is 41.0 Å². The molecule has 1 saturated heterocycles. The summed E-state index contributed by atoms with van der Waals surface area (Å²) in [6, 6.07) is 0. The number of alkyl halides is 3. The van der Waals surface area contributed by atoms with Gasteiger partial charge in [-0.3, -0.25) is 0 Å². The smallest absolute Gasteiger partial charge is 0.347 e. The molecule has 0 amide bonds. The SMILES string of the molecule is CNC1(C)CCN(c2nc(C(F)(F)F)ns2)CC1. The van der Waals surface area contributed by atoms with Crippen LogP contribution in [0.1, 0.15) is 25.6 Å². The van der Waals surface area contributed by atoms with Crippen molar-refractivity contribution in [3.05, 3.63) is 5.82 Å². The fourth-order valence-electron chi connectivity index (χ4n) is 1.90. The zero-order valence-electron chi connectivity index (χ0n) is 10.2. The van der Waals surface area contributed by atoms with E-state index in [4.69, 9.17) is 0 Å². The van der Waals surface area contributed by atoms with Crippen molar-refractivity contribution in [2.24, 2.45) is 0 Å². The summed E-state index contributed by atoms with van der Waals surface area (Å²) in [5.41, 5.74) is 0.0635. The first kappa shape index (κ1) is 13.5. The second kappa shape index (κ2) is 4.65. The Kier molecular flexibility index (Phi) is 3.50. The maximum absolute atomic E-state index is 12.4. The van der Waals surface area contributed by atoms with Gasteiger partial charge in [0.2, 0.25) is 11.0 Å². The van der Waals surface area contributed by atoms with E-state index >= 15 is 0 Å². The number of nitrogens with one attached hydrogen (secondary N) is 1. The number of rotatable bonds is 2. The molecule has 1 aliphatic rings. The molecule has 102 valence electrons. The average molecular weight is 280 g/mol. The Morgan fingerprint density at radius 1 is 1.33 bits per heavy atom. The number of hydrogen-bond donors (Lipinski definition) is 1. The van der Waals surface area contributed by atoms with Crippen LogP contribution in [0.2, 0.25) is 0 Å². The molecule has 0 radical (unpaired) electrons. The molecule has 0 atom stereocenters. The summed E-state index contributed by atoms with van der Waals surface area (Å²) in [5.74, 6) is -1.04. The molecule has 1 aliphatic heterocycles. The van der Waals surface area contributed by atoms with E-state index in [-0.39, 0.29) is 5.54 Å². The maximum atomic E-state index is 12.4. The number of nitrogens with zero attached hydrogens (tertiary/aromatic N) is 3. The van der Waals surface area contributed by atoms with Crippen LogP contribution in [0.4, 0.5) is 18.3 Å². The first-order valence-corrected chi connectivity index (χ1v) is 6.46. The largest absolute Gasteiger partial charge is 0.452 e. The third kappa shape index (κ3) is 2.74. The summed E-state index contributed by atoms with van der Waals surface area (Å²) >= 11 is 0.815. The molecule has 1 aromatic rings. The maximum Gasteiger partial charge on any atom is 0.452 e. The molecule has 1 fully saturated rings. The van der Waals surface area contributed by atoms with Gasteiger partial charge in [-0.1, -0.05) is 0 Å². The summed E-state index contributed by atoms with van der Waals surface area (Å²) in [6.45, 7) is 3.51. The van der Waals surface area contributed by atoms with Gasteiger partial charge < -0.3 is 10.2 Å². The molecule has 0 saturated carbocycles. The van der Waals surface area contributed by atoms with Crippen LogP contribution >= 0.6 is 11.5 Å². The van der Waals surface area contributed by atoms with Crippen molar-refractivity contribution < 1.29 is 13.2 Å². The van der Waals surface area contributed by atoms with E-state index in [1.165, 1.54) is 0 Å². The van der Waals surface area contributed by atoms with Crippen molar-refractivity contribution in [2.75, 3.05) is 25.0 Å². The highest BCUT2D eigenvalue weighted by Gasteiger charge is 2.37. The lowest BCUT2D eigenvalue weighted by Crippen LogP contribution is -2.50. The first-order chi connectivity index (χ1) is 8.34. The fourth-order valence-corrected chi connectivity index (χ4v) is 2.64. The summed E-state index contributed by atoms with van der Waals surface area (Å²) in [7, 11) is 1.91. The molecule has 0 aromatic carbocycles. The molecule has 0 unspecified atom stereocenters. The molecule has 8 heteroatoms. The van der Waals surface area contributed by atoms with E-state index in [0.717, 1.165) is 24.4 Å². The highest BCUT2D eigenvalue weighted by Crippen LogP contribution is 2.32.